The standard InChI is InChI=1S/C15H24N2O2/c1-13-5-3-4-6-15(13)19-10-8-17-7-9-18-14(12-17)11-16-2/h3-6,14,16H,7-12H2,1-2H3. The summed E-state index contributed by atoms with van der Waals surface area (Å²) in [5, 5.41) is 3.16. The Balaban J connectivity index is 1.72. The quantitative estimate of drug-likeness (QED) is 0.839. The zero-order chi connectivity index (χ0) is 13.5. The average molecular weight is 264 g/mol. The van der Waals surface area contributed by atoms with Gasteiger partial charge in [0.05, 0.1) is 12.7 Å². The number of nitrogens with zero attached hydrogens (tertiary/aromatic N) is 1. The number of aryl methyl sites for hydroxylation is 1. The van der Waals surface area contributed by atoms with Crippen LogP contribution in [0.3, 0.4) is 0 Å². The molecule has 1 aliphatic rings. The van der Waals surface area contributed by atoms with Crippen LogP contribution in [0.5, 0.6) is 5.75 Å². The van der Waals surface area contributed by atoms with E-state index in [1.54, 1.807) is 0 Å². The molecule has 0 spiro atoms. The van der Waals surface area contributed by atoms with Crippen molar-refractivity contribution in [1.29, 1.82) is 0 Å². The van der Waals surface area contributed by atoms with Gasteiger partial charge < -0.3 is 14.8 Å². The van der Waals surface area contributed by atoms with E-state index in [0.717, 1.165) is 45.1 Å². The molecule has 1 unspecified atom stereocenters. The van der Waals surface area contributed by atoms with E-state index in [2.05, 4.69) is 23.2 Å². The lowest BCUT2D eigenvalue weighted by Gasteiger charge is -2.32. The van der Waals surface area contributed by atoms with Crippen molar-refractivity contribution in [2.75, 3.05) is 46.4 Å². The molecule has 1 heterocycles. The van der Waals surface area contributed by atoms with Crippen LogP contribution >= 0.6 is 0 Å². The Bertz CT molecular complexity index is 382. The van der Waals surface area contributed by atoms with Gasteiger partial charge in [-0.15, -0.1) is 0 Å². The number of para-hydroxylation sites is 1. The average Bonchev–Trinajstić information content (AvgIpc) is 2.42. The summed E-state index contributed by atoms with van der Waals surface area (Å²) in [6.45, 7) is 7.48. The fourth-order valence-corrected chi connectivity index (χ4v) is 2.34. The van der Waals surface area contributed by atoms with Crippen LogP contribution in [0.25, 0.3) is 0 Å². The van der Waals surface area contributed by atoms with Crippen molar-refractivity contribution in [3.63, 3.8) is 0 Å². The largest absolute Gasteiger partial charge is 0.492 e. The number of benzene rings is 1. The van der Waals surface area contributed by atoms with Crippen molar-refractivity contribution in [2.24, 2.45) is 0 Å². The molecule has 0 bridgehead atoms. The van der Waals surface area contributed by atoms with Crippen molar-refractivity contribution in [3.05, 3.63) is 29.8 Å². The lowest BCUT2D eigenvalue weighted by atomic mass is 10.2. The number of hydrogen-bond donors (Lipinski definition) is 1. The molecule has 4 heteroatoms. The van der Waals surface area contributed by atoms with Crippen LogP contribution in [-0.2, 0) is 4.74 Å². The highest BCUT2D eigenvalue weighted by molar-refractivity contribution is 5.31. The molecule has 0 aliphatic carbocycles. The van der Waals surface area contributed by atoms with Crippen LogP contribution in [0.2, 0.25) is 0 Å². The van der Waals surface area contributed by atoms with Crippen LogP contribution in [0.4, 0.5) is 0 Å². The number of ether oxygens (including phenoxy) is 2. The second-order valence-corrected chi connectivity index (χ2v) is 4.97. The molecule has 0 radical (unpaired) electrons. The minimum Gasteiger partial charge on any atom is -0.492 e. The zero-order valence-corrected chi connectivity index (χ0v) is 11.9. The van der Waals surface area contributed by atoms with Gasteiger partial charge in [0.15, 0.2) is 0 Å². The van der Waals surface area contributed by atoms with Gasteiger partial charge in [-0.05, 0) is 25.6 Å². The molecule has 0 saturated carbocycles. The van der Waals surface area contributed by atoms with Gasteiger partial charge in [0.25, 0.3) is 0 Å². The first kappa shape index (κ1) is 14.3. The van der Waals surface area contributed by atoms with Crippen molar-refractivity contribution in [1.82, 2.24) is 10.2 Å². The van der Waals surface area contributed by atoms with Crippen molar-refractivity contribution in [3.8, 4) is 5.75 Å². The Labute approximate surface area is 115 Å². The summed E-state index contributed by atoms with van der Waals surface area (Å²) >= 11 is 0. The predicted molar refractivity (Wildman–Crippen MR) is 76.8 cm³/mol. The third kappa shape index (κ3) is 4.49. The maximum Gasteiger partial charge on any atom is 0.122 e. The van der Waals surface area contributed by atoms with E-state index in [-0.39, 0.29) is 0 Å². The maximum atomic E-state index is 5.84. The summed E-state index contributed by atoms with van der Waals surface area (Å²) in [6.07, 6.45) is 0.303. The van der Waals surface area contributed by atoms with Crippen LogP contribution in [-0.4, -0.2) is 57.4 Å². The maximum absolute atomic E-state index is 5.84. The smallest absolute Gasteiger partial charge is 0.122 e. The Morgan fingerprint density at radius 2 is 2.26 bits per heavy atom. The summed E-state index contributed by atoms with van der Waals surface area (Å²) in [5.74, 6) is 0.988. The normalized spacial score (nSPS) is 20.4. The fourth-order valence-electron chi connectivity index (χ4n) is 2.34. The summed E-state index contributed by atoms with van der Waals surface area (Å²) < 4.78 is 11.5. The molecule has 1 aromatic carbocycles. The van der Waals surface area contributed by atoms with E-state index in [9.17, 15) is 0 Å². The predicted octanol–water partition coefficient (Wildman–Crippen LogP) is 1.29. The number of hydrogen-bond acceptors (Lipinski definition) is 4. The molecular formula is C15H24N2O2. The number of likely N-dealkylation sites (N-methyl/N-ethyl adjacent to an activating group) is 1. The van der Waals surface area contributed by atoms with E-state index in [1.807, 2.05) is 25.2 Å². The lowest BCUT2D eigenvalue weighted by molar-refractivity contribution is -0.0292. The summed E-state index contributed by atoms with van der Waals surface area (Å²) in [4.78, 5) is 2.41. The van der Waals surface area contributed by atoms with E-state index in [4.69, 9.17) is 9.47 Å². The monoisotopic (exact) mass is 264 g/mol. The van der Waals surface area contributed by atoms with E-state index in [0.29, 0.717) is 6.10 Å². The van der Waals surface area contributed by atoms with Gasteiger partial charge in [-0.1, -0.05) is 18.2 Å². The van der Waals surface area contributed by atoms with Crippen molar-refractivity contribution in [2.45, 2.75) is 13.0 Å². The van der Waals surface area contributed by atoms with Gasteiger partial charge in [-0.2, -0.15) is 0 Å². The van der Waals surface area contributed by atoms with E-state index in [1.165, 1.54) is 5.56 Å². The van der Waals surface area contributed by atoms with Crippen LogP contribution in [0.15, 0.2) is 24.3 Å². The topological polar surface area (TPSA) is 33.7 Å². The highest BCUT2D eigenvalue weighted by Crippen LogP contribution is 2.16. The first-order valence-electron chi connectivity index (χ1n) is 6.96. The molecule has 106 valence electrons. The third-order valence-electron chi connectivity index (χ3n) is 3.41. The SMILES string of the molecule is CNCC1CN(CCOc2ccccc2C)CCO1. The molecule has 1 saturated heterocycles. The van der Waals surface area contributed by atoms with E-state index < -0.39 is 0 Å². The molecule has 0 aromatic heterocycles. The summed E-state index contributed by atoms with van der Waals surface area (Å²) in [6, 6.07) is 8.15. The highest BCUT2D eigenvalue weighted by Gasteiger charge is 2.19. The number of nitrogens with one attached hydrogen (secondary N) is 1. The Kier molecular flexibility index (Phi) is 5.63. The minimum absolute atomic E-state index is 0.303. The molecule has 4 nitrogen and oxygen atoms in total. The zero-order valence-electron chi connectivity index (χ0n) is 11.9. The minimum atomic E-state index is 0.303. The first-order valence-corrected chi connectivity index (χ1v) is 6.96. The first-order chi connectivity index (χ1) is 9.29. The Morgan fingerprint density at radius 1 is 1.42 bits per heavy atom. The third-order valence-corrected chi connectivity index (χ3v) is 3.41. The van der Waals surface area contributed by atoms with Gasteiger partial charge in [0.2, 0.25) is 0 Å². The second kappa shape index (κ2) is 7.48. The number of rotatable bonds is 6. The molecule has 1 fully saturated rings. The molecule has 1 aromatic rings. The second-order valence-electron chi connectivity index (χ2n) is 4.97. The van der Waals surface area contributed by atoms with Gasteiger partial charge in [0, 0.05) is 26.2 Å². The molecule has 1 aliphatic heterocycles. The number of morpholine rings is 1. The van der Waals surface area contributed by atoms with Crippen molar-refractivity contribution < 1.29 is 9.47 Å². The molecule has 1 atom stereocenters. The molecule has 19 heavy (non-hydrogen) atoms. The molecule has 2 rings (SSSR count). The molecular weight excluding hydrogens is 240 g/mol. The van der Waals surface area contributed by atoms with Gasteiger partial charge in [0.1, 0.15) is 12.4 Å². The van der Waals surface area contributed by atoms with Crippen LogP contribution in [0.1, 0.15) is 5.56 Å². The fraction of sp³-hybridized carbons (Fsp3) is 0.600. The van der Waals surface area contributed by atoms with Crippen LogP contribution < -0.4 is 10.1 Å². The van der Waals surface area contributed by atoms with Crippen molar-refractivity contribution >= 4 is 0 Å². The van der Waals surface area contributed by atoms with Gasteiger partial charge in [-0.3, -0.25) is 4.90 Å². The molecule has 0 amide bonds. The van der Waals surface area contributed by atoms with Gasteiger partial charge >= 0.3 is 0 Å². The summed E-state index contributed by atoms with van der Waals surface area (Å²) in [5.41, 5.74) is 1.19. The Morgan fingerprint density at radius 3 is 3.05 bits per heavy atom. The lowest BCUT2D eigenvalue weighted by Crippen LogP contribution is -2.47. The molecule has 1 N–H and O–H groups in total. The van der Waals surface area contributed by atoms with Gasteiger partial charge in [-0.25, -0.2) is 0 Å². The summed E-state index contributed by atoms with van der Waals surface area (Å²) in [7, 11) is 1.96. The highest BCUT2D eigenvalue weighted by atomic mass is 16.5. The van der Waals surface area contributed by atoms with E-state index >= 15 is 0 Å². The van der Waals surface area contributed by atoms with Crippen LogP contribution in [0, 0.1) is 6.92 Å². The Hall–Kier alpha value is -1.10.